The van der Waals surface area contributed by atoms with Crippen molar-refractivity contribution in [2.75, 3.05) is 13.2 Å². The molecular formula is C64H64O26. The van der Waals surface area contributed by atoms with Crippen LogP contribution in [0.1, 0.15) is 72.1 Å². The molecule has 0 unspecified atom stereocenters. The highest BCUT2D eigenvalue weighted by Gasteiger charge is 2.55. The van der Waals surface area contributed by atoms with Crippen LogP contribution in [0.15, 0.2) is 124 Å². The van der Waals surface area contributed by atoms with Crippen molar-refractivity contribution in [1.82, 2.24) is 0 Å². The van der Waals surface area contributed by atoms with E-state index in [9.17, 15) is 43.5 Å². The van der Waals surface area contributed by atoms with E-state index in [0.717, 1.165) is 73.1 Å². The minimum Gasteiger partial charge on any atom is -0.507 e. The first kappa shape index (κ1) is 65.8. The van der Waals surface area contributed by atoms with Gasteiger partial charge in [-0.2, -0.15) is 0 Å². The molecule has 1 aromatic heterocycles. The number of hydrogen-bond donors (Lipinski definition) is 1. The molecule has 2 fully saturated rings. The van der Waals surface area contributed by atoms with E-state index in [2.05, 4.69) is 0 Å². The number of carbonyl (C=O) groups is 8. The Balaban J connectivity index is 1.37. The maximum absolute atomic E-state index is 15.7. The minimum atomic E-state index is -2.06. The largest absolute Gasteiger partial charge is 0.507 e. The first-order chi connectivity index (χ1) is 43.0. The average molecular weight is 1250 g/mol. The van der Waals surface area contributed by atoms with Gasteiger partial charge in [-0.1, -0.05) is 91.0 Å². The lowest BCUT2D eigenvalue weighted by molar-refractivity contribution is -0.288. The predicted octanol–water partition coefficient (Wildman–Crippen LogP) is 6.83. The Morgan fingerprint density at radius 1 is 0.433 bits per heavy atom. The Kier molecular flexibility index (Phi) is 22.0. The van der Waals surface area contributed by atoms with Gasteiger partial charge in [-0.15, -0.1) is 0 Å². The van der Waals surface area contributed by atoms with Crippen molar-refractivity contribution in [2.24, 2.45) is 0 Å². The van der Waals surface area contributed by atoms with E-state index in [4.69, 9.17) is 75.5 Å². The molecule has 90 heavy (non-hydrogen) atoms. The molecule has 0 aliphatic carbocycles. The molecule has 6 aromatic rings. The summed E-state index contributed by atoms with van der Waals surface area (Å²) < 4.78 is 95.8. The summed E-state index contributed by atoms with van der Waals surface area (Å²) in [6.45, 7) is 6.87. The molecule has 0 saturated carbocycles. The molecule has 26 heteroatoms. The summed E-state index contributed by atoms with van der Waals surface area (Å²) in [5.41, 5.74) is 0.484. The fraction of sp³-hybridized carbons (Fsp3) is 0.359. The van der Waals surface area contributed by atoms with Crippen molar-refractivity contribution in [3.05, 3.63) is 142 Å². The fourth-order valence-corrected chi connectivity index (χ4v) is 9.71. The van der Waals surface area contributed by atoms with Gasteiger partial charge in [-0.25, -0.2) is 0 Å². The number of aromatic hydroxyl groups is 1. The van der Waals surface area contributed by atoms with Crippen molar-refractivity contribution in [2.45, 2.75) is 137 Å². The highest BCUT2D eigenvalue weighted by molar-refractivity contribution is 5.89. The third-order valence-corrected chi connectivity index (χ3v) is 13.3. The molecule has 2 aliphatic rings. The number of phenolic OH excluding ortho intramolecular Hbond substituents is 1. The lowest BCUT2D eigenvalue weighted by Crippen LogP contribution is -2.63. The van der Waals surface area contributed by atoms with Crippen LogP contribution < -0.4 is 29.1 Å². The van der Waals surface area contributed by atoms with Crippen molar-refractivity contribution in [3.63, 3.8) is 0 Å². The van der Waals surface area contributed by atoms with Crippen molar-refractivity contribution < 1.29 is 119 Å². The van der Waals surface area contributed by atoms with Crippen LogP contribution >= 0.6 is 0 Å². The summed E-state index contributed by atoms with van der Waals surface area (Å²) in [5, 5.41) is 11.5. The number of esters is 8. The minimum absolute atomic E-state index is 0.00644. The maximum atomic E-state index is 15.7. The molecule has 0 amide bonds. The third-order valence-electron chi connectivity index (χ3n) is 13.3. The Bertz CT molecular complexity index is 3560. The van der Waals surface area contributed by atoms with E-state index in [1.165, 1.54) is 12.1 Å². The first-order valence-corrected chi connectivity index (χ1v) is 28.0. The van der Waals surface area contributed by atoms with Gasteiger partial charge in [0.25, 0.3) is 0 Å². The predicted molar refractivity (Wildman–Crippen MR) is 307 cm³/mol. The second kappa shape index (κ2) is 30.1. The van der Waals surface area contributed by atoms with Gasteiger partial charge in [0, 0.05) is 73.1 Å². The van der Waals surface area contributed by atoms with Crippen LogP contribution in [-0.4, -0.2) is 127 Å². The van der Waals surface area contributed by atoms with Gasteiger partial charge in [-0.3, -0.25) is 43.2 Å². The number of phenols is 1. The van der Waals surface area contributed by atoms with E-state index in [1.54, 1.807) is 24.3 Å². The highest BCUT2D eigenvalue weighted by Crippen LogP contribution is 2.47. The number of ether oxygens (including phenoxy) is 15. The monoisotopic (exact) mass is 1250 g/mol. The quantitative estimate of drug-likeness (QED) is 0.0479. The topological polar surface area (TPSA) is 325 Å². The van der Waals surface area contributed by atoms with Crippen LogP contribution in [0.3, 0.4) is 0 Å². The van der Waals surface area contributed by atoms with Crippen LogP contribution in [0, 0.1) is 0 Å². The van der Waals surface area contributed by atoms with Gasteiger partial charge in [-0.05, 0) is 28.8 Å². The van der Waals surface area contributed by atoms with Crippen LogP contribution in [0.25, 0.3) is 22.3 Å². The summed E-state index contributed by atoms with van der Waals surface area (Å²) in [6, 6.07) is 32.2. The van der Waals surface area contributed by atoms with Gasteiger partial charge in [0.05, 0.1) is 0 Å². The van der Waals surface area contributed by atoms with Gasteiger partial charge in [0.2, 0.25) is 41.7 Å². The van der Waals surface area contributed by atoms with E-state index >= 15 is 4.79 Å². The third kappa shape index (κ3) is 17.3. The van der Waals surface area contributed by atoms with Crippen LogP contribution in [0.5, 0.6) is 34.5 Å². The van der Waals surface area contributed by atoms with Crippen LogP contribution in [-0.2, 0) is 106 Å². The molecule has 0 radical (unpaired) electrons. The highest BCUT2D eigenvalue weighted by atomic mass is 16.8. The standard InChI is InChI=1S/C64H64O26/c1-33(65)75-31-50-56(80-35(3)67)59(82-37(5)69)61(84-39(7)71)63(88-50)86-45-26-46(73)52-47(27-45)87-54(58(53(52)74)90-64-62(85-40(8)72)60(83-38(6)70)57(81-36(4)68)51(89-64)32-76-34(2)66)44-24-48(77-28-41-18-12-9-13-19-41)55(79-30-43-22-16-11-17-23-43)49(25-44)78-29-42-20-14-10-15-21-42/h9-27,50-51,56-57,59-64,73H,28-32H2,1-8H3/t50-,51+,56-,57+,59+,60-,61-,62+,63-,64-/m1/s1. The smallest absolute Gasteiger partial charge is 0.303 e. The van der Waals surface area contributed by atoms with Gasteiger partial charge in [0.1, 0.15) is 67.7 Å². The molecule has 8 rings (SSSR count). The number of rotatable bonds is 24. The summed E-state index contributed by atoms with van der Waals surface area (Å²) in [7, 11) is 0. The zero-order valence-corrected chi connectivity index (χ0v) is 49.9. The first-order valence-electron chi connectivity index (χ1n) is 28.0. The second-order valence-electron chi connectivity index (χ2n) is 20.4. The number of benzene rings is 5. The van der Waals surface area contributed by atoms with Gasteiger partial charge in [0.15, 0.2) is 41.7 Å². The molecule has 3 heterocycles. The zero-order chi connectivity index (χ0) is 64.8. The Hall–Kier alpha value is -10.2. The van der Waals surface area contributed by atoms with E-state index in [-0.39, 0.29) is 48.4 Å². The normalized spacial score (nSPS) is 21.0. The molecule has 26 nitrogen and oxygen atoms in total. The Morgan fingerprint density at radius 2 is 0.811 bits per heavy atom. The number of fused-ring (bicyclic) bond motifs is 1. The summed E-state index contributed by atoms with van der Waals surface area (Å²) in [4.78, 5) is 117. The van der Waals surface area contributed by atoms with Crippen molar-refractivity contribution >= 4 is 58.7 Å². The molecule has 2 aliphatic heterocycles. The molecule has 10 atom stereocenters. The Morgan fingerprint density at radius 3 is 1.21 bits per heavy atom. The van der Waals surface area contributed by atoms with E-state index in [1.807, 2.05) is 66.7 Å². The van der Waals surface area contributed by atoms with Gasteiger partial charge < -0.3 is 80.6 Å². The molecular weight excluding hydrogens is 1180 g/mol. The number of hydrogen-bond acceptors (Lipinski definition) is 26. The average Bonchev–Trinajstić information content (AvgIpc) is 0.779. The summed E-state index contributed by atoms with van der Waals surface area (Å²) in [5.74, 6) is -9.73. The molecule has 0 bridgehead atoms. The molecule has 476 valence electrons. The number of carbonyl (C=O) groups excluding carboxylic acids is 8. The fourth-order valence-electron chi connectivity index (χ4n) is 9.71. The SMILES string of the molecule is CC(=O)OC[C@@H]1O[C@H](Oc2c(-c3cc(OCc4ccccc4)c(OCc4ccccc4)c(OCc4ccccc4)c3)oc3cc(O[C@@H]4O[C@H](COC(C)=O)[C@@H](OC(C)=O)[C@H](OC(C)=O)[C@H]4OC(C)=O)cc(O)c3c2=O)[C@@H](OC(C)=O)[C@H](OC(C)=O)[C@H]1OC(C)=O. The van der Waals surface area contributed by atoms with Crippen LogP contribution in [0.4, 0.5) is 0 Å². The summed E-state index contributed by atoms with van der Waals surface area (Å²) >= 11 is 0. The van der Waals surface area contributed by atoms with Crippen LogP contribution in [0.2, 0.25) is 0 Å². The molecule has 1 N–H and O–H groups in total. The van der Waals surface area contributed by atoms with Crippen molar-refractivity contribution in [3.8, 4) is 45.8 Å². The lowest BCUT2D eigenvalue weighted by atomic mass is 9.98. The zero-order valence-electron chi connectivity index (χ0n) is 49.9. The Labute approximate surface area is 513 Å². The van der Waals surface area contributed by atoms with E-state index in [0.29, 0.717) is 11.1 Å². The van der Waals surface area contributed by atoms with Crippen molar-refractivity contribution in [1.29, 1.82) is 0 Å². The van der Waals surface area contributed by atoms with Gasteiger partial charge >= 0.3 is 47.8 Å². The molecule has 5 aromatic carbocycles. The molecule has 2 saturated heterocycles. The lowest BCUT2D eigenvalue weighted by Gasteiger charge is -2.44. The van der Waals surface area contributed by atoms with E-state index < -0.39 is 156 Å². The summed E-state index contributed by atoms with van der Waals surface area (Å²) in [6.07, 6.45) is -17.3. The molecule has 0 spiro atoms. The second-order valence-corrected chi connectivity index (χ2v) is 20.4. The maximum Gasteiger partial charge on any atom is 0.303 e.